The van der Waals surface area contributed by atoms with Crippen molar-refractivity contribution in [3.8, 4) is 16.4 Å². The maximum absolute atomic E-state index is 4.12. The first kappa shape index (κ1) is 18.1. The normalized spacial score (nSPS) is 12.1. The van der Waals surface area contributed by atoms with Crippen molar-refractivity contribution in [1.82, 2.24) is 8.33 Å². The van der Waals surface area contributed by atoms with Gasteiger partial charge in [0, 0.05) is 16.3 Å². The highest BCUT2D eigenvalue weighted by atomic mass is 31.1. The second kappa shape index (κ2) is 6.91. The molecule has 0 radical (unpaired) electrons. The van der Waals surface area contributed by atoms with Crippen LogP contribution in [0.1, 0.15) is 11.3 Å². The summed E-state index contributed by atoms with van der Waals surface area (Å²) >= 11 is 0. The van der Waals surface area contributed by atoms with Gasteiger partial charge in [0.1, 0.15) is 0 Å². The van der Waals surface area contributed by atoms with Crippen molar-refractivity contribution >= 4 is 41.9 Å². The Balaban J connectivity index is 1.77. The number of hydrogen-bond acceptors (Lipinski definition) is 0. The van der Waals surface area contributed by atoms with Gasteiger partial charge >= 0.3 is 0 Å². The first-order valence-corrected chi connectivity index (χ1v) is 11.6. The average molecular weight is 416 g/mol. The van der Waals surface area contributed by atoms with E-state index < -0.39 is 7.85 Å². The number of fused-ring (bicyclic) bond motifs is 5. The zero-order chi connectivity index (χ0) is 20.9. The topological polar surface area (TPSA) is 8.82 Å². The molecule has 0 N–H and O–H groups in total. The van der Waals surface area contributed by atoms with Crippen LogP contribution in [0.15, 0.2) is 104 Å². The van der Waals surface area contributed by atoms with Gasteiger partial charge in [-0.2, -0.15) is 0 Å². The van der Waals surface area contributed by atoms with Crippen LogP contribution in [-0.2, 0) is 0 Å². The van der Waals surface area contributed by atoms with E-state index in [1.165, 1.54) is 38.4 Å². The summed E-state index contributed by atoms with van der Waals surface area (Å²) in [6.45, 7) is 8.17. The molecule has 6 aromatic rings. The molecule has 3 heteroatoms. The van der Waals surface area contributed by atoms with E-state index >= 15 is 0 Å². The van der Waals surface area contributed by atoms with Crippen molar-refractivity contribution in [1.29, 1.82) is 0 Å². The second-order valence-electron chi connectivity index (χ2n) is 7.70. The molecule has 1 atom stereocenters. The van der Waals surface area contributed by atoms with Crippen LogP contribution in [0.4, 0.5) is 0 Å². The van der Waals surface area contributed by atoms with Crippen molar-refractivity contribution in [3.05, 3.63) is 115 Å². The van der Waals surface area contributed by atoms with Crippen molar-refractivity contribution in [3.63, 3.8) is 0 Å². The third-order valence-corrected chi connectivity index (χ3v) is 8.33. The summed E-state index contributed by atoms with van der Waals surface area (Å²) in [4.78, 5) is 0. The highest BCUT2D eigenvalue weighted by molar-refractivity contribution is 7.51. The third kappa shape index (κ3) is 2.59. The molecule has 0 fully saturated rings. The Kier molecular flexibility index (Phi) is 4.02. The van der Waals surface area contributed by atoms with E-state index in [-0.39, 0.29) is 0 Å². The predicted molar refractivity (Wildman–Crippen MR) is 136 cm³/mol. The monoisotopic (exact) mass is 416 g/mol. The predicted octanol–water partition coefficient (Wildman–Crippen LogP) is 8.27. The Bertz CT molecular complexity index is 1610. The molecular weight excluding hydrogens is 395 g/mol. The number of rotatable bonds is 4. The van der Waals surface area contributed by atoms with Crippen LogP contribution in [0.2, 0.25) is 0 Å². The summed E-state index contributed by atoms with van der Waals surface area (Å²) in [7, 11) is -0.838. The average Bonchev–Trinajstić information content (AvgIpc) is 3.47. The van der Waals surface area contributed by atoms with Crippen molar-refractivity contribution in [2.24, 2.45) is 0 Å². The lowest BCUT2D eigenvalue weighted by Gasteiger charge is -2.10. The molecule has 0 bridgehead atoms. The van der Waals surface area contributed by atoms with Gasteiger partial charge < -0.3 is 0 Å². The fourth-order valence-electron chi connectivity index (χ4n) is 4.58. The first-order chi connectivity index (χ1) is 15.3. The molecule has 2 nitrogen and oxygen atoms in total. The molecule has 0 aliphatic heterocycles. The zero-order valence-electron chi connectivity index (χ0n) is 17.1. The number of benzene rings is 3. The molecule has 0 aliphatic carbocycles. The van der Waals surface area contributed by atoms with Crippen LogP contribution < -0.4 is 0 Å². The molecule has 3 heterocycles. The molecule has 3 aromatic carbocycles. The Morgan fingerprint density at radius 1 is 0.613 bits per heavy atom. The summed E-state index contributed by atoms with van der Waals surface area (Å²) in [5.74, 6) is 0. The molecule has 1 unspecified atom stereocenters. The Labute approximate surface area is 182 Å². The molecule has 6 rings (SSSR count). The quantitative estimate of drug-likeness (QED) is 0.273. The van der Waals surface area contributed by atoms with E-state index in [0.29, 0.717) is 0 Å². The minimum atomic E-state index is -0.838. The minimum Gasteiger partial charge on any atom is -0.281 e. The SMILES string of the molecule is C=Cc1cc2c3cc4ccccc4n3p(-c3cccc(-c4ccccc4)c3)n2c1C=C. The molecule has 0 amide bonds. The maximum atomic E-state index is 4.12. The lowest BCUT2D eigenvalue weighted by Crippen LogP contribution is -1.87. The molecular formula is C28H21N2P. The van der Waals surface area contributed by atoms with Gasteiger partial charge in [0.05, 0.1) is 30.1 Å². The van der Waals surface area contributed by atoms with Crippen molar-refractivity contribution < 1.29 is 0 Å². The Morgan fingerprint density at radius 3 is 2.16 bits per heavy atom. The molecule has 31 heavy (non-hydrogen) atoms. The van der Waals surface area contributed by atoms with E-state index in [0.717, 1.165) is 11.3 Å². The standard InChI is InChI=1S/C28H21N2P/c1-3-20-18-27-28-19-23-13-8-9-16-26(23)30(28)31(29(27)25(20)4-2)24-15-10-14-22(17-24)21-11-6-5-7-12-21/h3-19H,1-2H2. The number of aromatic nitrogens is 2. The third-order valence-electron chi connectivity index (χ3n) is 5.97. The lowest BCUT2D eigenvalue weighted by atomic mass is 10.1. The van der Waals surface area contributed by atoms with E-state index in [2.05, 4.69) is 112 Å². The fraction of sp³-hybridized carbons (Fsp3) is 0. The van der Waals surface area contributed by atoms with Gasteiger partial charge in [-0.25, -0.2) is 0 Å². The van der Waals surface area contributed by atoms with Gasteiger partial charge in [-0.1, -0.05) is 79.9 Å². The Morgan fingerprint density at radius 2 is 1.35 bits per heavy atom. The van der Waals surface area contributed by atoms with Crippen LogP contribution in [0.5, 0.6) is 0 Å². The van der Waals surface area contributed by atoms with Gasteiger partial charge in [0.25, 0.3) is 0 Å². The highest BCUT2D eigenvalue weighted by Crippen LogP contribution is 2.48. The first-order valence-electron chi connectivity index (χ1n) is 10.4. The number of hydrogen-bond donors (Lipinski definition) is 0. The smallest absolute Gasteiger partial charge is 0.0757 e. The van der Waals surface area contributed by atoms with Crippen LogP contribution in [0.3, 0.4) is 0 Å². The summed E-state index contributed by atoms with van der Waals surface area (Å²) in [6.07, 6.45) is 3.90. The van der Waals surface area contributed by atoms with E-state index in [9.17, 15) is 0 Å². The van der Waals surface area contributed by atoms with Crippen molar-refractivity contribution in [2.75, 3.05) is 0 Å². The van der Waals surface area contributed by atoms with Gasteiger partial charge in [-0.15, -0.1) is 0 Å². The zero-order valence-corrected chi connectivity index (χ0v) is 18.0. The van der Waals surface area contributed by atoms with Crippen LogP contribution in [0.25, 0.3) is 50.5 Å². The van der Waals surface area contributed by atoms with E-state index in [1.807, 2.05) is 12.2 Å². The molecule has 0 saturated heterocycles. The van der Waals surface area contributed by atoms with Crippen molar-refractivity contribution in [2.45, 2.75) is 0 Å². The molecule has 148 valence electrons. The number of para-hydroxylation sites is 1. The molecule has 0 aliphatic rings. The number of nitrogens with zero attached hydrogens (tertiary/aromatic N) is 2. The van der Waals surface area contributed by atoms with Gasteiger partial charge in [-0.05, 0) is 47.5 Å². The second-order valence-corrected chi connectivity index (χ2v) is 9.59. The van der Waals surface area contributed by atoms with Crippen LogP contribution in [-0.4, -0.2) is 8.33 Å². The van der Waals surface area contributed by atoms with Gasteiger partial charge in [0.15, 0.2) is 0 Å². The Hall–Kier alpha value is -3.74. The summed E-state index contributed by atoms with van der Waals surface area (Å²) < 4.78 is 4.98. The van der Waals surface area contributed by atoms with Gasteiger partial charge in [0.2, 0.25) is 0 Å². The maximum Gasteiger partial charge on any atom is 0.0757 e. The molecule has 0 saturated carbocycles. The largest absolute Gasteiger partial charge is 0.281 e. The lowest BCUT2D eigenvalue weighted by molar-refractivity contribution is 1.34. The minimum absolute atomic E-state index is 0.838. The van der Waals surface area contributed by atoms with E-state index in [1.54, 1.807) is 0 Å². The van der Waals surface area contributed by atoms with Gasteiger partial charge in [-0.3, -0.25) is 8.33 Å². The molecule has 0 spiro atoms. The summed E-state index contributed by atoms with van der Waals surface area (Å²) in [5.41, 5.74) is 8.50. The highest BCUT2D eigenvalue weighted by Gasteiger charge is 2.20. The van der Waals surface area contributed by atoms with E-state index in [4.69, 9.17) is 0 Å². The molecule has 3 aromatic heterocycles. The summed E-state index contributed by atoms with van der Waals surface area (Å²) in [5, 5.41) is 2.59. The van der Waals surface area contributed by atoms with Crippen LogP contribution >= 0.6 is 7.85 Å². The van der Waals surface area contributed by atoms with Crippen LogP contribution in [0, 0.1) is 0 Å². The summed E-state index contributed by atoms with van der Waals surface area (Å²) in [6, 6.07) is 32.8. The fourth-order valence-corrected chi connectivity index (χ4v) is 7.21.